The van der Waals surface area contributed by atoms with Crippen LogP contribution in [-0.2, 0) is 18.0 Å². The number of hydrogen-bond donors (Lipinski definition) is 1. The van der Waals surface area contributed by atoms with E-state index in [1.807, 2.05) is 32.0 Å². The summed E-state index contributed by atoms with van der Waals surface area (Å²) in [6, 6.07) is 5.77. The van der Waals surface area contributed by atoms with Gasteiger partial charge in [-0.2, -0.15) is 0 Å². The van der Waals surface area contributed by atoms with Gasteiger partial charge in [-0.3, -0.25) is 4.79 Å². The highest BCUT2D eigenvalue weighted by Crippen LogP contribution is 2.21. The van der Waals surface area contributed by atoms with E-state index in [9.17, 15) is 4.79 Å². The van der Waals surface area contributed by atoms with Gasteiger partial charge in [-0.1, -0.05) is 25.2 Å². The monoisotopic (exact) mass is 292 g/mol. The molecule has 4 nitrogen and oxygen atoms in total. The van der Waals surface area contributed by atoms with Crippen LogP contribution in [0.5, 0.6) is 0 Å². The molecule has 0 fully saturated rings. The van der Waals surface area contributed by atoms with Crippen molar-refractivity contribution in [2.45, 2.75) is 27.1 Å². The molecule has 20 heavy (non-hydrogen) atoms. The van der Waals surface area contributed by atoms with Gasteiger partial charge in [0.15, 0.2) is 0 Å². The molecule has 0 aliphatic carbocycles. The van der Waals surface area contributed by atoms with Gasteiger partial charge in [-0.15, -0.1) is 0 Å². The Morgan fingerprint density at radius 3 is 2.80 bits per heavy atom. The van der Waals surface area contributed by atoms with Crippen LogP contribution in [0.4, 0.5) is 0 Å². The number of hydrogen-bond acceptors (Lipinski definition) is 3. The minimum Gasteiger partial charge on any atom is -0.393 e. The minimum absolute atomic E-state index is 0.0188. The number of fused-ring (bicyclic) bond motifs is 1. The van der Waals surface area contributed by atoms with E-state index in [0.29, 0.717) is 36.9 Å². The van der Waals surface area contributed by atoms with Gasteiger partial charge in [-0.25, -0.2) is 0 Å². The fourth-order valence-electron chi connectivity index (χ4n) is 2.26. The molecule has 0 aromatic heterocycles. The molecular weight excluding hydrogens is 272 g/mol. The molecule has 0 saturated heterocycles. The molecule has 1 heterocycles. The van der Waals surface area contributed by atoms with Crippen LogP contribution in [0.2, 0.25) is 0 Å². The maximum absolute atomic E-state index is 12.5. The van der Waals surface area contributed by atoms with Gasteiger partial charge in [-0.05, 0) is 30.2 Å². The predicted molar refractivity (Wildman–Crippen MR) is 82.5 cm³/mol. The lowest BCUT2D eigenvalue weighted by Crippen LogP contribution is -2.38. The summed E-state index contributed by atoms with van der Waals surface area (Å²) in [5, 5.41) is 0. The Kier molecular flexibility index (Phi) is 4.73. The number of thiocarbonyl (C=S) groups is 1. The zero-order valence-corrected chi connectivity index (χ0v) is 12.7. The third-order valence-electron chi connectivity index (χ3n) is 3.62. The van der Waals surface area contributed by atoms with Gasteiger partial charge in [0, 0.05) is 24.6 Å². The summed E-state index contributed by atoms with van der Waals surface area (Å²) < 4.78 is 5.37. The standard InChI is InChI=1S/C15H20N2O2S/c1-3-17(7-10(2)14(16)20)15(18)11-4-5-12-8-19-9-13(12)6-11/h4-6,10H,3,7-9H2,1-2H3,(H2,16,20). The highest BCUT2D eigenvalue weighted by atomic mass is 32.1. The van der Waals surface area contributed by atoms with E-state index < -0.39 is 0 Å². The lowest BCUT2D eigenvalue weighted by molar-refractivity contribution is 0.0754. The van der Waals surface area contributed by atoms with Crippen molar-refractivity contribution in [2.24, 2.45) is 11.7 Å². The molecule has 2 N–H and O–H groups in total. The van der Waals surface area contributed by atoms with Gasteiger partial charge in [0.1, 0.15) is 0 Å². The van der Waals surface area contributed by atoms with Crippen molar-refractivity contribution in [3.05, 3.63) is 34.9 Å². The zero-order chi connectivity index (χ0) is 14.7. The van der Waals surface area contributed by atoms with Crippen molar-refractivity contribution < 1.29 is 9.53 Å². The topological polar surface area (TPSA) is 55.6 Å². The van der Waals surface area contributed by atoms with Crippen LogP contribution in [0.1, 0.15) is 35.3 Å². The Balaban J connectivity index is 2.14. The number of rotatable bonds is 5. The third kappa shape index (κ3) is 3.16. The van der Waals surface area contributed by atoms with Crippen molar-refractivity contribution in [3.8, 4) is 0 Å². The smallest absolute Gasteiger partial charge is 0.253 e. The van der Waals surface area contributed by atoms with Crippen molar-refractivity contribution >= 4 is 23.1 Å². The van der Waals surface area contributed by atoms with Crippen LogP contribution in [0, 0.1) is 5.92 Å². The number of benzene rings is 1. The number of carbonyl (C=O) groups excluding carboxylic acids is 1. The third-order valence-corrected chi connectivity index (χ3v) is 4.02. The number of carbonyl (C=O) groups is 1. The Bertz CT molecular complexity index is 531. The molecule has 1 amide bonds. The summed E-state index contributed by atoms with van der Waals surface area (Å²) in [6.45, 7) is 6.32. The van der Waals surface area contributed by atoms with Gasteiger partial charge in [0.05, 0.1) is 18.2 Å². The largest absolute Gasteiger partial charge is 0.393 e. The van der Waals surface area contributed by atoms with Crippen LogP contribution in [0.3, 0.4) is 0 Å². The molecule has 0 spiro atoms. The number of amides is 1. The second kappa shape index (κ2) is 6.33. The Morgan fingerprint density at radius 1 is 1.45 bits per heavy atom. The van der Waals surface area contributed by atoms with E-state index in [1.54, 1.807) is 4.90 Å². The average molecular weight is 292 g/mol. The van der Waals surface area contributed by atoms with Crippen molar-refractivity contribution in [2.75, 3.05) is 13.1 Å². The first-order valence-electron chi connectivity index (χ1n) is 6.81. The minimum atomic E-state index is 0.0188. The van der Waals surface area contributed by atoms with E-state index in [1.165, 1.54) is 5.56 Å². The molecule has 0 bridgehead atoms. The maximum atomic E-state index is 12.5. The lowest BCUT2D eigenvalue weighted by atomic mass is 10.0. The Morgan fingerprint density at radius 2 is 2.15 bits per heavy atom. The van der Waals surface area contributed by atoms with Crippen LogP contribution >= 0.6 is 12.2 Å². The molecule has 1 aromatic rings. The van der Waals surface area contributed by atoms with Crippen LogP contribution in [-0.4, -0.2) is 28.9 Å². The van der Waals surface area contributed by atoms with Gasteiger partial charge >= 0.3 is 0 Å². The van der Waals surface area contributed by atoms with Crippen molar-refractivity contribution in [1.82, 2.24) is 4.90 Å². The molecule has 1 unspecified atom stereocenters. The quantitative estimate of drug-likeness (QED) is 0.844. The SMILES string of the molecule is CCN(CC(C)C(N)=S)C(=O)c1ccc2c(c1)COC2. The first-order chi connectivity index (χ1) is 9.52. The number of nitrogens with zero attached hydrogens (tertiary/aromatic N) is 1. The van der Waals surface area contributed by atoms with Crippen molar-refractivity contribution in [3.63, 3.8) is 0 Å². The molecule has 0 radical (unpaired) electrons. The zero-order valence-electron chi connectivity index (χ0n) is 11.9. The van der Waals surface area contributed by atoms with E-state index in [-0.39, 0.29) is 11.8 Å². The molecule has 1 aromatic carbocycles. The fourth-order valence-corrected chi connectivity index (χ4v) is 2.34. The summed E-state index contributed by atoms with van der Waals surface area (Å²) in [7, 11) is 0. The molecule has 1 aliphatic rings. The molecule has 1 atom stereocenters. The van der Waals surface area contributed by atoms with Gasteiger partial charge in [0.25, 0.3) is 5.91 Å². The van der Waals surface area contributed by atoms with Crippen molar-refractivity contribution in [1.29, 1.82) is 0 Å². The molecule has 2 rings (SSSR count). The van der Waals surface area contributed by atoms with Gasteiger partial charge in [0.2, 0.25) is 0 Å². The fraction of sp³-hybridized carbons (Fsp3) is 0.467. The Labute approximate surface area is 124 Å². The highest BCUT2D eigenvalue weighted by Gasteiger charge is 2.20. The van der Waals surface area contributed by atoms with E-state index in [4.69, 9.17) is 22.7 Å². The van der Waals surface area contributed by atoms with Gasteiger partial charge < -0.3 is 15.4 Å². The number of nitrogens with two attached hydrogens (primary N) is 1. The first kappa shape index (κ1) is 14.9. The summed E-state index contributed by atoms with van der Waals surface area (Å²) >= 11 is 4.98. The van der Waals surface area contributed by atoms with E-state index in [0.717, 1.165) is 5.56 Å². The molecule has 108 valence electrons. The van der Waals surface area contributed by atoms with E-state index >= 15 is 0 Å². The predicted octanol–water partition coefficient (Wildman–Crippen LogP) is 2.10. The number of ether oxygens (including phenoxy) is 1. The summed E-state index contributed by atoms with van der Waals surface area (Å²) in [4.78, 5) is 14.8. The normalized spacial score (nSPS) is 14.7. The van der Waals surface area contributed by atoms with E-state index in [2.05, 4.69) is 0 Å². The van der Waals surface area contributed by atoms with Crippen LogP contribution in [0.25, 0.3) is 0 Å². The van der Waals surface area contributed by atoms with Crippen LogP contribution < -0.4 is 5.73 Å². The summed E-state index contributed by atoms with van der Waals surface area (Å²) in [5.41, 5.74) is 8.60. The Hall–Kier alpha value is -1.46. The summed E-state index contributed by atoms with van der Waals surface area (Å²) in [6.07, 6.45) is 0. The molecule has 5 heteroatoms. The highest BCUT2D eigenvalue weighted by molar-refractivity contribution is 7.80. The average Bonchev–Trinajstić information content (AvgIpc) is 2.90. The first-order valence-corrected chi connectivity index (χ1v) is 7.22. The lowest BCUT2D eigenvalue weighted by Gasteiger charge is -2.24. The summed E-state index contributed by atoms with van der Waals surface area (Å²) in [5.74, 6) is 0.0389. The molecular formula is C15H20N2O2S. The maximum Gasteiger partial charge on any atom is 0.253 e. The second-order valence-corrected chi connectivity index (χ2v) is 5.59. The molecule has 0 saturated carbocycles. The molecule has 1 aliphatic heterocycles. The second-order valence-electron chi connectivity index (χ2n) is 5.12. The van der Waals surface area contributed by atoms with Crippen LogP contribution in [0.15, 0.2) is 18.2 Å².